The van der Waals surface area contributed by atoms with Crippen molar-refractivity contribution >= 4 is 5.91 Å². The monoisotopic (exact) mass is 252 g/mol. The quantitative estimate of drug-likeness (QED) is 0.783. The Morgan fingerprint density at radius 2 is 2.39 bits per heavy atom. The molecule has 1 aromatic heterocycles. The number of nitrogens with one attached hydrogen (secondary N) is 1. The van der Waals surface area contributed by atoms with E-state index >= 15 is 0 Å². The molecule has 18 heavy (non-hydrogen) atoms. The number of likely N-dealkylation sites (N-methyl/N-ethyl adjacent to an activating group) is 1. The maximum absolute atomic E-state index is 11.9. The van der Waals surface area contributed by atoms with Gasteiger partial charge in [0.05, 0.1) is 18.5 Å². The van der Waals surface area contributed by atoms with Gasteiger partial charge in [-0.1, -0.05) is 6.92 Å². The van der Waals surface area contributed by atoms with Crippen molar-refractivity contribution in [2.45, 2.75) is 25.6 Å². The van der Waals surface area contributed by atoms with Crippen molar-refractivity contribution in [2.24, 2.45) is 0 Å². The average Bonchev–Trinajstić information content (AvgIpc) is 2.98. The fourth-order valence-corrected chi connectivity index (χ4v) is 2.29. The van der Waals surface area contributed by atoms with E-state index in [1.807, 2.05) is 0 Å². The van der Waals surface area contributed by atoms with E-state index in [-0.39, 0.29) is 18.1 Å². The standard InChI is InChI=1S/C12H20N4O2/c1-3-15-6-10(11(7-15)18-2)14-12(17)8-16-5-4-13-9-16/h4-5,9-11H,3,6-8H2,1-2H3,(H,14,17)/t10-,11-/m1/s1. The van der Waals surface area contributed by atoms with Crippen LogP contribution in [0.1, 0.15) is 6.92 Å². The third kappa shape index (κ3) is 3.08. The predicted molar refractivity (Wildman–Crippen MR) is 67.1 cm³/mol. The zero-order valence-corrected chi connectivity index (χ0v) is 10.9. The molecule has 1 aliphatic heterocycles. The highest BCUT2D eigenvalue weighted by molar-refractivity contribution is 5.76. The molecule has 1 fully saturated rings. The van der Waals surface area contributed by atoms with Crippen LogP contribution < -0.4 is 5.32 Å². The van der Waals surface area contributed by atoms with Crippen molar-refractivity contribution in [2.75, 3.05) is 26.7 Å². The topological polar surface area (TPSA) is 59.4 Å². The van der Waals surface area contributed by atoms with Gasteiger partial charge in [-0.2, -0.15) is 0 Å². The third-order valence-corrected chi connectivity index (χ3v) is 3.32. The van der Waals surface area contributed by atoms with Gasteiger partial charge < -0.3 is 14.6 Å². The second-order valence-electron chi connectivity index (χ2n) is 4.54. The summed E-state index contributed by atoms with van der Waals surface area (Å²) in [7, 11) is 1.69. The van der Waals surface area contributed by atoms with Gasteiger partial charge in [0.15, 0.2) is 0 Å². The predicted octanol–water partition coefficient (Wildman–Crippen LogP) is -0.282. The van der Waals surface area contributed by atoms with Gasteiger partial charge in [-0.15, -0.1) is 0 Å². The lowest BCUT2D eigenvalue weighted by molar-refractivity contribution is -0.123. The molecule has 0 unspecified atom stereocenters. The molecule has 0 aliphatic carbocycles. The van der Waals surface area contributed by atoms with Gasteiger partial charge >= 0.3 is 0 Å². The van der Waals surface area contributed by atoms with E-state index in [0.717, 1.165) is 19.6 Å². The number of imidazole rings is 1. The number of hydrogen-bond donors (Lipinski definition) is 1. The van der Waals surface area contributed by atoms with Gasteiger partial charge in [0.1, 0.15) is 6.54 Å². The molecule has 1 amide bonds. The van der Waals surface area contributed by atoms with Crippen molar-refractivity contribution < 1.29 is 9.53 Å². The number of aromatic nitrogens is 2. The highest BCUT2D eigenvalue weighted by Gasteiger charge is 2.32. The fourth-order valence-electron chi connectivity index (χ4n) is 2.29. The molecule has 0 bridgehead atoms. The minimum atomic E-state index is -0.00185. The third-order valence-electron chi connectivity index (χ3n) is 3.32. The van der Waals surface area contributed by atoms with Crippen LogP contribution in [0.4, 0.5) is 0 Å². The lowest BCUT2D eigenvalue weighted by Gasteiger charge is -2.18. The summed E-state index contributed by atoms with van der Waals surface area (Å²) in [5.41, 5.74) is 0. The van der Waals surface area contributed by atoms with E-state index in [1.54, 1.807) is 30.4 Å². The van der Waals surface area contributed by atoms with Gasteiger partial charge in [-0.3, -0.25) is 9.69 Å². The first-order chi connectivity index (χ1) is 8.72. The largest absolute Gasteiger partial charge is 0.378 e. The Morgan fingerprint density at radius 3 is 3.00 bits per heavy atom. The Balaban J connectivity index is 1.86. The first-order valence-corrected chi connectivity index (χ1v) is 6.23. The average molecular weight is 252 g/mol. The number of carbonyl (C=O) groups is 1. The number of amides is 1. The summed E-state index contributed by atoms with van der Waals surface area (Å²) in [4.78, 5) is 18.1. The van der Waals surface area contributed by atoms with Crippen LogP contribution in [-0.2, 0) is 16.1 Å². The Kier molecular flexibility index (Phi) is 4.33. The molecule has 1 saturated heterocycles. The minimum Gasteiger partial charge on any atom is -0.378 e. The van der Waals surface area contributed by atoms with Crippen molar-refractivity contribution in [1.29, 1.82) is 0 Å². The Hall–Kier alpha value is -1.40. The van der Waals surface area contributed by atoms with Gasteiger partial charge in [0.2, 0.25) is 5.91 Å². The van der Waals surface area contributed by atoms with E-state index in [1.165, 1.54) is 0 Å². The number of methoxy groups -OCH3 is 1. The summed E-state index contributed by atoms with van der Waals surface area (Å²) in [6.45, 7) is 5.13. The summed E-state index contributed by atoms with van der Waals surface area (Å²) in [5, 5.41) is 3.03. The summed E-state index contributed by atoms with van der Waals surface area (Å²) < 4.78 is 7.17. The zero-order chi connectivity index (χ0) is 13.0. The van der Waals surface area contributed by atoms with Crippen LogP contribution in [0.25, 0.3) is 0 Å². The Labute approximate surface area is 107 Å². The van der Waals surface area contributed by atoms with Crippen molar-refractivity contribution in [3.63, 3.8) is 0 Å². The van der Waals surface area contributed by atoms with Crippen LogP contribution in [0.2, 0.25) is 0 Å². The van der Waals surface area contributed by atoms with Gasteiger partial charge in [-0.05, 0) is 6.54 Å². The summed E-state index contributed by atoms with van der Waals surface area (Å²) in [6.07, 6.45) is 5.16. The van der Waals surface area contributed by atoms with E-state index < -0.39 is 0 Å². The highest BCUT2D eigenvalue weighted by Crippen LogP contribution is 2.12. The second-order valence-corrected chi connectivity index (χ2v) is 4.54. The molecule has 0 radical (unpaired) electrons. The number of nitrogens with zero attached hydrogens (tertiary/aromatic N) is 3. The second kappa shape index (κ2) is 5.97. The molecule has 1 N–H and O–H groups in total. The van der Waals surface area contributed by atoms with Crippen LogP contribution >= 0.6 is 0 Å². The number of likely N-dealkylation sites (tertiary alicyclic amines) is 1. The summed E-state index contributed by atoms with van der Waals surface area (Å²) in [5.74, 6) is -0.00185. The lowest BCUT2D eigenvalue weighted by Crippen LogP contribution is -2.44. The molecule has 1 aliphatic rings. The maximum atomic E-state index is 11.9. The molecule has 6 nitrogen and oxygen atoms in total. The fraction of sp³-hybridized carbons (Fsp3) is 0.667. The first kappa shape index (κ1) is 13.0. The van der Waals surface area contributed by atoms with Crippen molar-refractivity contribution in [3.8, 4) is 0 Å². The molecular weight excluding hydrogens is 232 g/mol. The molecule has 100 valence electrons. The van der Waals surface area contributed by atoms with Crippen LogP contribution in [0.3, 0.4) is 0 Å². The van der Waals surface area contributed by atoms with E-state index in [2.05, 4.69) is 22.1 Å². The molecule has 0 saturated carbocycles. The summed E-state index contributed by atoms with van der Waals surface area (Å²) >= 11 is 0. The van der Waals surface area contributed by atoms with Crippen molar-refractivity contribution in [1.82, 2.24) is 19.8 Å². The Bertz CT molecular complexity index is 379. The van der Waals surface area contributed by atoms with Gasteiger partial charge in [0, 0.05) is 32.6 Å². The van der Waals surface area contributed by atoms with Crippen LogP contribution in [-0.4, -0.2) is 59.2 Å². The molecule has 2 atom stereocenters. The summed E-state index contributed by atoms with van der Waals surface area (Å²) in [6, 6.07) is 0.0750. The smallest absolute Gasteiger partial charge is 0.240 e. The maximum Gasteiger partial charge on any atom is 0.240 e. The molecule has 0 aromatic carbocycles. The van der Waals surface area contributed by atoms with Gasteiger partial charge in [0.25, 0.3) is 0 Å². The number of rotatable bonds is 5. The zero-order valence-electron chi connectivity index (χ0n) is 10.9. The van der Waals surface area contributed by atoms with E-state index in [0.29, 0.717) is 6.54 Å². The molecule has 2 heterocycles. The number of hydrogen-bond acceptors (Lipinski definition) is 4. The molecule has 6 heteroatoms. The molecule has 0 spiro atoms. The van der Waals surface area contributed by atoms with Crippen LogP contribution in [0.15, 0.2) is 18.7 Å². The van der Waals surface area contributed by atoms with Crippen molar-refractivity contribution in [3.05, 3.63) is 18.7 Å². The Morgan fingerprint density at radius 1 is 1.56 bits per heavy atom. The number of ether oxygens (including phenoxy) is 1. The molecular formula is C12H20N4O2. The van der Waals surface area contributed by atoms with Gasteiger partial charge in [-0.25, -0.2) is 4.98 Å². The number of carbonyl (C=O) groups excluding carboxylic acids is 1. The van der Waals surface area contributed by atoms with E-state index in [9.17, 15) is 4.79 Å². The SMILES string of the molecule is CCN1C[C@@H](NC(=O)Cn2ccnc2)[C@H](OC)C1. The molecule has 2 rings (SSSR count). The highest BCUT2D eigenvalue weighted by atomic mass is 16.5. The normalized spacial score (nSPS) is 24.3. The minimum absolute atomic E-state index is 0.00185. The molecule has 1 aromatic rings. The van der Waals surface area contributed by atoms with E-state index in [4.69, 9.17) is 4.74 Å². The van der Waals surface area contributed by atoms with Crippen LogP contribution in [0, 0.1) is 0 Å². The van der Waals surface area contributed by atoms with Crippen LogP contribution in [0.5, 0.6) is 0 Å². The first-order valence-electron chi connectivity index (χ1n) is 6.23. The lowest BCUT2D eigenvalue weighted by atomic mass is 10.2.